The van der Waals surface area contributed by atoms with Crippen LogP contribution in [0.15, 0.2) is 12.1 Å². The molecule has 1 saturated carbocycles. The number of hydrogen-bond donors (Lipinski definition) is 1. The van der Waals surface area contributed by atoms with Gasteiger partial charge in [-0.15, -0.1) is 0 Å². The van der Waals surface area contributed by atoms with Crippen molar-refractivity contribution in [3.63, 3.8) is 0 Å². The zero-order valence-corrected chi connectivity index (χ0v) is 12.0. The van der Waals surface area contributed by atoms with E-state index in [1.54, 1.807) is 12.1 Å². The highest BCUT2D eigenvalue weighted by Gasteiger charge is 2.32. The highest BCUT2D eigenvalue weighted by molar-refractivity contribution is 5.83. The molecular weight excluding hydrogens is 260 g/mol. The van der Waals surface area contributed by atoms with E-state index < -0.39 is 6.10 Å². The number of ketones is 1. The van der Waals surface area contributed by atoms with Crippen LogP contribution < -0.4 is 14.2 Å². The monoisotopic (exact) mass is 280 g/mol. The maximum atomic E-state index is 11.8. The Balaban J connectivity index is 2.38. The second-order valence-corrected chi connectivity index (χ2v) is 4.87. The molecule has 1 N–H and O–H groups in total. The number of ether oxygens (including phenoxy) is 3. The van der Waals surface area contributed by atoms with Crippen molar-refractivity contribution in [1.82, 2.24) is 0 Å². The fourth-order valence-corrected chi connectivity index (χ4v) is 2.68. The Morgan fingerprint density at radius 3 is 2.15 bits per heavy atom. The van der Waals surface area contributed by atoms with Gasteiger partial charge in [0, 0.05) is 12.3 Å². The number of aliphatic hydroxyl groups excluding tert-OH is 1. The average Bonchev–Trinajstić information content (AvgIpc) is 2.90. The topological polar surface area (TPSA) is 65.0 Å². The van der Waals surface area contributed by atoms with Gasteiger partial charge >= 0.3 is 0 Å². The molecule has 0 aliphatic heterocycles. The first-order chi connectivity index (χ1) is 9.62. The van der Waals surface area contributed by atoms with Gasteiger partial charge in [0.15, 0.2) is 11.5 Å². The number of methoxy groups -OCH3 is 3. The van der Waals surface area contributed by atoms with Crippen LogP contribution in [0.5, 0.6) is 17.2 Å². The van der Waals surface area contributed by atoms with Gasteiger partial charge in [0.25, 0.3) is 0 Å². The molecule has 5 nitrogen and oxygen atoms in total. The smallest absolute Gasteiger partial charge is 0.203 e. The minimum absolute atomic E-state index is 0.117. The van der Waals surface area contributed by atoms with Crippen LogP contribution in [0.3, 0.4) is 0 Å². The van der Waals surface area contributed by atoms with Gasteiger partial charge in [-0.2, -0.15) is 0 Å². The molecule has 1 aromatic rings. The number of carbonyl (C=O) groups is 1. The van der Waals surface area contributed by atoms with Gasteiger partial charge in [-0.1, -0.05) is 0 Å². The van der Waals surface area contributed by atoms with Crippen LogP contribution in [0.25, 0.3) is 0 Å². The largest absolute Gasteiger partial charge is 0.493 e. The maximum absolute atomic E-state index is 11.8. The van der Waals surface area contributed by atoms with Crippen LogP contribution in [0.2, 0.25) is 0 Å². The van der Waals surface area contributed by atoms with Gasteiger partial charge in [-0.3, -0.25) is 4.79 Å². The molecule has 1 aliphatic rings. The van der Waals surface area contributed by atoms with Crippen LogP contribution >= 0.6 is 0 Å². The molecule has 110 valence electrons. The van der Waals surface area contributed by atoms with Crippen LogP contribution in [0.4, 0.5) is 0 Å². The molecule has 0 unspecified atom stereocenters. The van der Waals surface area contributed by atoms with Gasteiger partial charge < -0.3 is 19.3 Å². The van der Waals surface area contributed by atoms with Crippen molar-refractivity contribution in [3.05, 3.63) is 17.7 Å². The second-order valence-electron chi connectivity index (χ2n) is 4.87. The standard InChI is InChI=1S/C15H20O5/c1-18-12-7-9(8-13(19-2)15(12)20-3)14(17)10-5-4-6-11(10)16/h7-8,10,14,17H,4-6H2,1-3H3/t10-,14-/m1/s1. The first kappa shape index (κ1) is 14.7. The Bertz CT molecular complexity index is 472. The number of hydrogen-bond acceptors (Lipinski definition) is 5. The summed E-state index contributed by atoms with van der Waals surface area (Å²) in [5.41, 5.74) is 0.611. The summed E-state index contributed by atoms with van der Waals surface area (Å²) in [6.45, 7) is 0. The van der Waals surface area contributed by atoms with E-state index in [1.165, 1.54) is 21.3 Å². The van der Waals surface area contributed by atoms with E-state index in [4.69, 9.17) is 14.2 Å². The van der Waals surface area contributed by atoms with Crippen molar-refractivity contribution >= 4 is 5.78 Å². The summed E-state index contributed by atoms with van der Waals surface area (Å²) in [6.07, 6.45) is 1.27. The summed E-state index contributed by atoms with van der Waals surface area (Å²) in [5, 5.41) is 10.4. The summed E-state index contributed by atoms with van der Waals surface area (Å²) in [7, 11) is 4.57. The molecular formula is C15H20O5. The molecule has 0 spiro atoms. The molecule has 5 heteroatoms. The lowest BCUT2D eigenvalue weighted by Crippen LogP contribution is -2.17. The lowest BCUT2D eigenvalue weighted by Gasteiger charge is -2.20. The maximum Gasteiger partial charge on any atom is 0.203 e. The fourth-order valence-electron chi connectivity index (χ4n) is 2.68. The van der Waals surface area contributed by atoms with Crippen molar-refractivity contribution in [2.24, 2.45) is 5.92 Å². The number of rotatable bonds is 5. The number of Topliss-reactive ketones (excluding diaryl/α,β-unsaturated/α-hetero) is 1. The van der Waals surface area contributed by atoms with Crippen LogP contribution in [-0.4, -0.2) is 32.2 Å². The Labute approximate surface area is 118 Å². The minimum Gasteiger partial charge on any atom is -0.493 e. The normalized spacial score (nSPS) is 19.8. The zero-order valence-electron chi connectivity index (χ0n) is 12.0. The van der Waals surface area contributed by atoms with Crippen molar-refractivity contribution in [2.45, 2.75) is 25.4 Å². The molecule has 1 fully saturated rings. The van der Waals surface area contributed by atoms with E-state index >= 15 is 0 Å². The fraction of sp³-hybridized carbons (Fsp3) is 0.533. The number of aliphatic hydroxyl groups is 1. The van der Waals surface area contributed by atoms with Crippen molar-refractivity contribution < 1.29 is 24.1 Å². The number of carbonyl (C=O) groups excluding carboxylic acids is 1. The molecule has 0 aromatic heterocycles. The highest BCUT2D eigenvalue weighted by Crippen LogP contribution is 2.42. The zero-order chi connectivity index (χ0) is 14.7. The van der Waals surface area contributed by atoms with Gasteiger partial charge in [0.2, 0.25) is 5.75 Å². The Morgan fingerprint density at radius 1 is 1.15 bits per heavy atom. The third kappa shape index (κ3) is 2.58. The molecule has 0 amide bonds. The van der Waals surface area contributed by atoms with E-state index in [0.29, 0.717) is 29.2 Å². The van der Waals surface area contributed by atoms with E-state index in [2.05, 4.69) is 0 Å². The predicted molar refractivity (Wildman–Crippen MR) is 73.4 cm³/mol. The molecule has 2 atom stereocenters. The third-order valence-electron chi connectivity index (χ3n) is 3.76. The van der Waals surface area contributed by atoms with E-state index in [1.807, 2.05) is 0 Å². The van der Waals surface area contributed by atoms with Crippen LogP contribution in [0, 0.1) is 5.92 Å². The van der Waals surface area contributed by atoms with Crippen molar-refractivity contribution in [3.8, 4) is 17.2 Å². The second kappa shape index (κ2) is 6.13. The molecule has 1 aromatic carbocycles. The summed E-state index contributed by atoms with van der Waals surface area (Å²) < 4.78 is 15.8. The molecule has 0 saturated heterocycles. The third-order valence-corrected chi connectivity index (χ3v) is 3.76. The summed E-state index contributed by atoms with van der Waals surface area (Å²) in [5.74, 6) is 1.21. The predicted octanol–water partition coefficient (Wildman–Crippen LogP) is 2.11. The quantitative estimate of drug-likeness (QED) is 0.895. The summed E-state index contributed by atoms with van der Waals surface area (Å²) in [4.78, 5) is 11.8. The first-order valence-electron chi connectivity index (χ1n) is 6.63. The molecule has 0 radical (unpaired) electrons. The Kier molecular flexibility index (Phi) is 4.49. The Hall–Kier alpha value is -1.75. The number of benzene rings is 1. The van der Waals surface area contributed by atoms with Crippen LogP contribution in [0.1, 0.15) is 30.9 Å². The van der Waals surface area contributed by atoms with Gasteiger partial charge in [-0.05, 0) is 30.5 Å². The lowest BCUT2D eigenvalue weighted by atomic mass is 9.93. The molecule has 2 rings (SSSR count). The van der Waals surface area contributed by atoms with Crippen molar-refractivity contribution in [1.29, 1.82) is 0 Å². The molecule has 0 bridgehead atoms. The SMILES string of the molecule is COc1cc([C@@H](O)[C@@H]2CCCC2=O)cc(OC)c1OC. The minimum atomic E-state index is -0.835. The molecule has 1 aliphatic carbocycles. The van der Waals surface area contributed by atoms with Crippen molar-refractivity contribution in [2.75, 3.05) is 21.3 Å². The van der Waals surface area contributed by atoms with Gasteiger partial charge in [0.1, 0.15) is 5.78 Å². The van der Waals surface area contributed by atoms with Gasteiger partial charge in [-0.25, -0.2) is 0 Å². The van der Waals surface area contributed by atoms with E-state index in [0.717, 1.165) is 12.8 Å². The van der Waals surface area contributed by atoms with Crippen LogP contribution in [-0.2, 0) is 4.79 Å². The summed E-state index contributed by atoms with van der Waals surface area (Å²) >= 11 is 0. The highest BCUT2D eigenvalue weighted by atomic mass is 16.5. The van der Waals surface area contributed by atoms with Gasteiger partial charge in [0.05, 0.1) is 27.4 Å². The Morgan fingerprint density at radius 2 is 1.75 bits per heavy atom. The molecule has 20 heavy (non-hydrogen) atoms. The first-order valence-corrected chi connectivity index (χ1v) is 6.63. The summed E-state index contributed by atoms with van der Waals surface area (Å²) in [6, 6.07) is 3.38. The molecule has 0 heterocycles. The lowest BCUT2D eigenvalue weighted by molar-refractivity contribution is -0.123. The van der Waals surface area contributed by atoms with E-state index in [9.17, 15) is 9.90 Å². The van der Waals surface area contributed by atoms with E-state index in [-0.39, 0.29) is 11.7 Å². The average molecular weight is 280 g/mol.